The predicted molar refractivity (Wildman–Crippen MR) is 84.9 cm³/mol. The topological polar surface area (TPSA) is 63.7 Å². The van der Waals surface area contributed by atoms with Gasteiger partial charge in [0, 0.05) is 0 Å². The summed E-state index contributed by atoms with van der Waals surface area (Å²) in [4.78, 5) is 36.9. The highest BCUT2D eigenvalue weighted by Crippen LogP contribution is 2.32. The number of carbonyl (C=O) groups excluding carboxylic acids is 3. The first-order valence-corrected chi connectivity index (χ1v) is 7.70. The summed E-state index contributed by atoms with van der Waals surface area (Å²) in [6.45, 7) is 4.68. The molecule has 1 aliphatic heterocycles. The molecule has 1 saturated heterocycles. The molecule has 0 aliphatic carbocycles. The smallest absolute Gasteiger partial charge is 0.326 e. The summed E-state index contributed by atoms with van der Waals surface area (Å²) in [6, 6.07) is 5.52. The quantitative estimate of drug-likeness (QED) is 0.626. The minimum atomic E-state index is -0.692. The molecule has 1 aromatic carbocycles. The molecule has 1 heterocycles. The SMILES string of the molecule is CC(C)(C)OC(=O)CN1C(=O)S/C(=C/c2ccc(F)cc2)C1=O. The average molecular weight is 337 g/mol. The van der Waals surface area contributed by atoms with E-state index < -0.39 is 29.3 Å². The molecule has 7 heteroatoms. The second-order valence-electron chi connectivity index (χ2n) is 5.91. The molecular formula is C16H16FNO4S. The lowest BCUT2D eigenvalue weighted by Crippen LogP contribution is -2.37. The first kappa shape index (κ1) is 17.2. The van der Waals surface area contributed by atoms with Gasteiger partial charge in [-0.1, -0.05) is 12.1 Å². The van der Waals surface area contributed by atoms with Gasteiger partial charge in [0.15, 0.2) is 0 Å². The van der Waals surface area contributed by atoms with E-state index in [-0.39, 0.29) is 10.7 Å². The van der Waals surface area contributed by atoms with E-state index in [2.05, 4.69) is 0 Å². The minimum absolute atomic E-state index is 0.185. The Kier molecular flexibility index (Phi) is 4.89. The number of hydrogen-bond acceptors (Lipinski definition) is 5. The van der Waals surface area contributed by atoms with Gasteiger partial charge in [-0.3, -0.25) is 19.3 Å². The molecule has 0 bridgehead atoms. The molecule has 5 nitrogen and oxygen atoms in total. The highest BCUT2D eigenvalue weighted by atomic mass is 32.2. The van der Waals surface area contributed by atoms with E-state index in [9.17, 15) is 18.8 Å². The van der Waals surface area contributed by atoms with E-state index in [0.29, 0.717) is 5.56 Å². The van der Waals surface area contributed by atoms with Gasteiger partial charge < -0.3 is 4.74 Å². The summed E-state index contributed by atoms with van der Waals surface area (Å²) >= 11 is 0.738. The Balaban J connectivity index is 2.10. The normalized spacial score (nSPS) is 17.0. The lowest BCUT2D eigenvalue weighted by molar-refractivity contribution is -0.156. The van der Waals surface area contributed by atoms with Crippen LogP contribution in [0.1, 0.15) is 26.3 Å². The third kappa shape index (κ3) is 4.66. The molecule has 0 aromatic heterocycles. The Morgan fingerprint density at radius 1 is 1.26 bits per heavy atom. The van der Waals surface area contributed by atoms with Crippen LogP contribution >= 0.6 is 11.8 Å². The largest absolute Gasteiger partial charge is 0.459 e. The first-order chi connectivity index (χ1) is 10.7. The molecule has 0 N–H and O–H groups in total. The van der Waals surface area contributed by atoms with Gasteiger partial charge in [-0.05, 0) is 56.3 Å². The van der Waals surface area contributed by atoms with Gasteiger partial charge >= 0.3 is 5.97 Å². The van der Waals surface area contributed by atoms with Gasteiger partial charge in [-0.15, -0.1) is 0 Å². The number of hydrogen-bond donors (Lipinski definition) is 0. The fraction of sp³-hybridized carbons (Fsp3) is 0.312. The van der Waals surface area contributed by atoms with Crippen molar-refractivity contribution in [3.63, 3.8) is 0 Å². The van der Waals surface area contributed by atoms with Gasteiger partial charge in [0.1, 0.15) is 18.0 Å². The fourth-order valence-electron chi connectivity index (χ4n) is 1.85. The lowest BCUT2D eigenvalue weighted by Gasteiger charge is -2.21. The van der Waals surface area contributed by atoms with Crippen LogP contribution in [0.3, 0.4) is 0 Å². The van der Waals surface area contributed by atoms with Crippen LogP contribution in [0.25, 0.3) is 6.08 Å². The van der Waals surface area contributed by atoms with Crippen LogP contribution in [0, 0.1) is 5.82 Å². The second-order valence-corrected chi connectivity index (χ2v) is 6.90. The zero-order chi connectivity index (χ0) is 17.2. The number of imide groups is 1. The zero-order valence-corrected chi connectivity index (χ0v) is 13.8. The van der Waals surface area contributed by atoms with E-state index in [1.54, 1.807) is 20.8 Å². The van der Waals surface area contributed by atoms with E-state index in [1.165, 1.54) is 30.3 Å². The van der Waals surface area contributed by atoms with Crippen molar-refractivity contribution in [3.05, 3.63) is 40.6 Å². The number of ether oxygens (including phenoxy) is 1. The zero-order valence-electron chi connectivity index (χ0n) is 13.0. The van der Waals surface area contributed by atoms with Crippen molar-refractivity contribution in [2.45, 2.75) is 26.4 Å². The van der Waals surface area contributed by atoms with Crippen molar-refractivity contribution in [3.8, 4) is 0 Å². The summed E-state index contributed by atoms with van der Waals surface area (Å²) in [5.74, 6) is -1.60. The maximum Gasteiger partial charge on any atom is 0.326 e. The van der Waals surface area contributed by atoms with Crippen LogP contribution in [0.5, 0.6) is 0 Å². The summed E-state index contributed by atoms with van der Waals surface area (Å²) in [7, 11) is 0. The second kappa shape index (κ2) is 6.54. The van der Waals surface area contributed by atoms with Crippen molar-refractivity contribution in [2.24, 2.45) is 0 Å². The van der Waals surface area contributed by atoms with Crippen LogP contribution in [0.2, 0.25) is 0 Å². The number of benzene rings is 1. The highest BCUT2D eigenvalue weighted by molar-refractivity contribution is 8.18. The maximum absolute atomic E-state index is 12.9. The Morgan fingerprint density at radius 3 is 2.43 bits per heavy atom. The lowest BCUT2D eigenvalue weighted by atomic mass is 10.2. The molecule has 23 heavy (non-hydrogen) atoms. The van der Waals surface area contributed by atoms with Crippen LogP contribution in [-0.4, -0.2) is 34.2 Å². The Bertz CT molecular complexity index is 676. The minimum Gasteiger partial charge on any atom is -0.459 e. The van der Waals surface area contributed by atoms with Gasteiger partial charge in [0.05, 0.1) is 4.91 Å². The molecule has 0 radical (unpaired) electrons. The summed E-state index contributed by atoms with van der Waals surface area (Å²) in [6.07, 6.45) is 1.49. The van der Waals surface area contributed by atoms with Crippen LogP contribution in [-0.2, 0) is 14.3 Å². The number of amides is 2. The number of rotatable bonds is 3. The highest BCUT2D eigenvalue weighted by Gasteiger charge is 2.37. The van der Waals surface area contributed by atoms with Crippen LogP contribution in [0.15, 0.2) is 29.2 Å². The third-order valence-electron chi connectivity index (χ3n) is 2.75. The van der Waals surface area contributed by atoms with E-state index in [4.69, 9.17) is 4.74 Å². The molecule has 2 rings (SSSR count). The number of thioether (sulfide) groups is 1. The van der Waals surface area contributed by atoms with Crippen molar-refractivity contribution >= 4 is 35.0 Å². The van der Waals surface area contributed by atoms with Crippen molar-refractivity contribution in [2.75, 3.05) is 6.54 Å². The van der Waals surface area contributed by atoms with Crippen LogP contribution in [0.4, 0.5) is 9.18 Å². The number of carbonyl (C=O) groups is 3. The number of halogens is 1. The molecule has 0 atom stereocenters. The molecule has 1 fully saturated rings. The fourth-order valence-corrected chi connectivity index (χ4v) is 2.69. The van der Waals surface area contributed by atoms with Gasteiger partial charge in [-0.25, -0.2) is 4.39 Å². The average Bonchev–Trinajstić information content (AvgIpc) is 2.67. The monoisotopic (exact) mass is 337 g/mol. The summed E-state index contributed by atoms with van der Waals surface area (Å²) in [5, 5.41) is -0.533. The Hall–Kier alpha value is -2.15. The molecule has 122 valence electrons. The third-order valence-corrected chi connectivity index (χ3v) is 3.66. The van der Waals surface area contributed by atoms with Crippen molar-refractivity contribution < 1.29 is 23.5 Å². The Labute approximate surface area is 137 Å². The van der Waals surface area contributed by atoms with E-state index in [0.717, 1.165) is 16.7 Å². The molecule has 2 amide bonds. The van der Waals surface area contributed by atoms with Gasteiger partial charge in [0.2, 0.25) is 0 Å². The van der Waals surface area contributed by atoms with Gasteiger partial charge in [0.25, 0.3) is 11.1 Å². The van der Waals surface area contributed by atoms with E-state index in [1.807, 2.05) is 0 Å². The van der Waals surface area contributed by atoms with Gasteiger partial charge in [-0.2, -0.15) is 0 Å². The molecular weight excluding hydrogens is 321 g/mol. The summed E-state index contributed by atoms with van der Waals surface area (Å²) in [5.41, 5.74) is -0.0998. The number of nitrogens with zero attached hydrogens (tertiary/aromatic N) is 1. The first-order valence-electron chi connectivity index (χ1n) is 6.88. The molecule has 0 saturated carbocycles. The van der Waals surface area contributed by atoms with Crippen molar-refractivity contribution in [1.82, 2.24) is 4.90 Å². The Morgan fingerprint density at radius 2 is 1.87 bits per heavy atom. The molecule has 0 spiro atoms. The van der Waals surface area contributed by atoms with E-state index >= 15 is 0 Å². The standard InChI is InChI=1S/C16H16FNO4S/c1-16(2,3)22-13(19)9-18-14(20)12(23-15(18)21)8-10-4-6-11(17)7-5-10/h4-8H,9H2,1-3H3/b12-8+. The van der Waals surface area contributed by atoms with Crippen LogP contribution < -0.4 is 0 Å². The molecule has 1 aromatic rings. The van der Waals surface area contributed by atoms with Crippen molar-refractivity contribution in [1.29, 1.82) is 0 Å². The summed E-state index contributed by atoms with van der Waals surface area (Å²) < 4.78 is 18.0. The number of esters is 1. The molecule has 0 unspecified atom stereocenters. The maximum atomic E-state index is 12.9. The predicted octanol–water partition coefficient (Wildman–Crippen LogP) is 3.20. The molecule has 1 aliphatic rings.